The molecule has 0 N–H and O–H groups in total. The third-order valence-corrected chi connectivity index (χ3v) is 4.18. The van der Waals surface area contributed by atoms with Gasteiger partial charge in [-0.15, -0.1) is 0 Å². The Morgan fingerprint density at radius 1 is 1.17 bits per heavy atom. The number of benzene rings is 2. The fourth-order valence-electron chi connectivity index (χ4n) is 2.68. The van der Waals surface area contributed by atoms with Crippen molar-refractivity contribution in [3.8, 4) is 5.75 Å². The van der Waals surface area contributed by atoms with Gasteiger partial charge in [0, 0.05) is 6.54 Å². The highest BCUT2D eigenvalue weighted by molar-refractivity contribution is 5.97. The smallest absolute Gasteiger partial charge is 0.260 e. The summed E-state index contributed by atoms with van der Waals surface area (Å²) in [6, 6.07) is 15.8. The first-order valence-electron chi connectivity index (χ1n) is 8.33. The highest BCUT2D eigenvalue weighted by atomic mass is 16.5. The van der Waals surface area contributed by atoms with E-state index >= 15 is 0 Å². The maximum atomic E-state index is 12.6. The molecule has 0 fully saturated rings. The third kappa shape index (κ3) is 3.77. The Kier molecular flexibility index (Phi) is 5.16. The van der Waals surface area contributed by atoms with Gasteiger partial charge in [0.1, 0.15) is 5.75 Å². The maximum Gasteiger partial charge on any atom is 0.260 e. The van der Waals surface area contributed by atoms with Gasteiger partial charge in [-0.25, -0.2) is 0 Å². The van der Waals surface area contributed by atoms with E-state index < -0.39 is 0 Å². The van der Waals surface area contributed by atoms with Crippen LogP contribution in [0, 0.1) is 0 Å². The van der Waals surface area contributed by atoms with Crippen LogP contribution in [0.2, 0.25) is 0 Å². The van der Waals surface area contributed by atoms with Crippen molar-refractivity contribution in [3.05, 3.63) is 65.2 Å². The molecule has 1 amide bonds. The molecule has 0 aromatic heterocycles. The van der Waals surface area contributed by atoms with Crippen molar-refractivity contribution in [1.82, 2.24) is 4.90 Å². The van der Waals surface area contributed by atoms with E-state index in [0.717, 1.165) is 5.56 Å². The van der Waals surface area contributed by atoms with Crippen LogP contribution in [-0.4, -0.2) is 30.7 Å². The topological polar surface area (TPSA) is 38.8 Å². The number of carbonyl (C=O) groups is 1. The number of nitrogens with zero attached hydrogens (tertiary/aromatic N) is 1. The molecule has 0 radical (unpaired) electrons. The zero-order chi connectivity index (χ0) is 16.9. The fourth-order valence-corrected chi connectivity index (χ4v) is 2.68. The van der Waals surface area contributed by atoms with Crippen LogP contribution in [0.3, 0.4) is 0 Å². The Balaban J connectivity index is 1.54. The van der Waals surface area contributed by atoms with E-state index in [1.165, 1.54) is 5.56 Å². The van der Waals surface area contributed by atoms with Crippen LogP contribution in [0.4, 0.5) is 0 Å². The summed E-state index contributed by atoms with van der Waals surface area (Å²) in [4.78, 5) is 14.2. The lowest BCUT2D eigenvalue weighted by atomic mass is 10.00. The van der Waals surface area contributed by atoms with Crippen LogP contribution in [0.15, 0.2) is 48.5 Å². The summed E-state index contributed by atoms with van der Waals surface area (Å²) in [5.74, 6) is 1.11. The minimum absolute atomic E-state index is 0.00914. The molecule has 24 heavy (non-hydrogen) atoms. The van der Waals surface area contributed by atoms with Crippen molar-refractivity contribution in [2.75, 3.05) is 19.9 Å². The molecule has 0 aliphatic carbocycles. The van der Waals surface area contributed by atoms with Gasteiger partial charge < -0.3 is 14.4 Å². The van der Waals surface area contributed by atoms with Crippen LogP contribution in [0.1, 0.15) is 41.3 Å². The first-order chi connectivity index (χ1) is 11.6. The van der Waals surface area contributed by atoms with Gasteiger partial charge in [-0.3, -0.25) is 4.79 Å². The van der Waals surface area contributed by atoms with Crippen LogP contribution in [0.25, 0.3) is 0 Å². The third-order valence-electron chi connectivity index (χ3n) is 4.18. The molecular formula is C20H23NO3. The molecule has 0 spiro atoms. The molecule has 4 heteroatoms. The van der Waals surface area contributed by atoms with Crippen molar-refractivity contribution < 1.29 is 14.3 Å². The molecule has 1 aliphatic heterocycles. The number of hydrogen-bond donors (Lipinski definition) is 0. The quantitative estimate of drug-likeness (QED) is 0.758. The summed E-state index contributed by atoms with van der Waals surface area (Å²) in [5, 5.41) is 0. The number of amides is 1. The molecule has 0 atom stereocenters. The molecule has 2 aromatic rings. The summed E-state index contributed by atoms with van der Waals surface area (Å²) < 4.78 is 11.4. The first-order valence-corrected chi connectivity index (χ1v) is 8.33. The summed E-state index contributed by atoms with van der Waals surface area (Å²) in [6.45, 7) is 6.10. The second-order valence-corrected chi connectivity index (χ2v) is 6.29. The summed E-state index contributed by atoms with van der Waals surface area (Å²) in [5.41, 5.74) is 2.94. The Morgan fingerprint density at radius 3 is 2.71 bits per heavy atom. The van der Waals surface area contributed by atoms with E-state index in [9.17, 15) is 4.79 Å². The lowest BCUT2D eigenvalue weighted by molar-refractivity contribution is 0.0358. The molecule has 0 unspecified atom stereocenters. The molecular weight excluding hydrogens is 302 g/mol. The molecule has 0 bridgehead atoms. The number of carbonyl (C=O) groups excluding carboxylic acids is 1. The van der Waals surface area contributed by atoms with E-state index in [0.29, 0.717) is 37.0 Å². The van der Waals surface area contributed by atoms with Crippen molar-refractivity contribution >= 4 is 5.91 Å². The number of rotatable bonds is 6. The lowest BCUT2D eigenvalue weighted by Crippen LogP contribution is -2.40. The highest BCUT2D eigenvalue weighted by Crippen LogP contribution is 2.28. The average Bonchev–Trinajstić information content (AvgIpc) is 2.61. The Bertz CT molecular complexity index is 697. The van der Waals surface area contributed by atoms with Gasteiger partial charge in [0.25, 0.3) is 5.91 Å². The predicted molar refractivity (Wildman–Crippen MR) is 93.2 cm³/mol. The zero-order valence-electron chi connectivity index (χ0n) is 14.2. The fraction of sp³-hybridized carbons (Fsp3) is 0.350. The monoisotopic (exact) mass is 325 g/mol. The SMILES string of the molecule is CC(C)c1ccc2c(c1)OCN(CCOCc1ccccc1)C2=O. The van der Waals surface area contributed by atoms with E-state index in [2.05, 4.69) is 13.8 Å². The summed E-state index contributed by atoms with van der Waals surface area (Å²) in [6.07, 6.45) is 0. The molecule has 2 aromatic carbocycles. The van der Waals surface area contributed by atoms with Crippen molar-refractivity contribution in [1.29, 1.82) is 0 Å². The van der Waals surface area contributed by atoms with Gasteiger partial charge >= 0.3 is 0 Å². The number of fused-ring (bicyclic) bond motifs is 1. The first kappa shape index (κ1) is 16.5. The lowest BCUT2D eigenvalue weighted by Gasteiger charge is -2.29. The maximum absolute atomic E-state index is 12.6. The minimum Gasteiger partial charge on any atom is -0.472 e. The van der Waals surface area contributed by atoms with Gasteiger partial charge in [0.2, 0.25) is 0 Å². The van der Waals surface area contributed by atoms with Crippen molar-refractivity contribution in [3.63, 3.8) is 0 Å². The second-order valence-electron chi connectivity index (χ2n) is 6.29. The summed E-state index contributed by atoms with van der Waals surface area (Å²) >= 11 is 0. The molecule has 4 nitrogen and oxygen atoms in total. The van der Waals surface area contributed by atoms with Crippen molar-refractivity contribution in [2.45, 2.75) is 26.4 Å². The van der Waals surface area contributed by atoms with E-state index in [-0.39, 0.29) is 12.6 Å². The Morgan fingerprint density at radius 2 is 1.96 bits per heavy atom. The van der Waals surface area contributed by atoms with Crippen LogP contribution in [-0.2, 0) is 11.3 Å². The van der Waals surface area contributed by atoms with Crippen LogP contribution < -0.4 is 4.74 Å². The molecule has 0 saturated carbocycles. The normalized spacial score (nSPS) is 13.8. The Hall–Kier alpha value is -2.33. The van der Waals surface area contributed by atoms with Crippen LogP contribution in [0.5, 0.6) is 5.75 Å². The van der Waals surface area contributed by atoms with Gasteiger partial charge in [-0.05, 0) is 29.2 Å². The predicted octanol–water partition coefficient (Wildman–Crippen LogP) is 3.82. The van der Waals surface area contributed by atoms with Gasteiger partial charge in [0.15, 0.2) is 6.73 Å². The number of hydrogen-bond acceptors (Lipinski definition) is 3. The highest BCUT2D eigenvalue weighted by Gasteiger charge is 2.25. The largest absolute Gasteiger partial charge is 0.472 e. The van der Waals surface area contributed by atoms with E-state index in [1.54, 1.807) is 4.90 Å². The standard InChI is InChI=1S/C20H23NO3/c1-15(2)17-8-9-18-19(12-17)24-14-21(20(18)22)10-11-23-13-16-6-4-3-5-7-16/h3-9,12,15H,10-11,13-14H2,1-2H3. The molecule has 1 aliphatic rings. The molecule has 3 rings (SSSR count). The zero-order valence-corrected chi connectivity index (χ0v) is 14.2. The molecule has 126 valence electrons. The average molecular weight is 325 g/mol. The van der Waals surface area contributed by atoms with Crippen LogP contribution >= 0.6 is 0 Å². The second kappa shape index (κ2) is 7.49. The van der Waals surface area contributed by atoms with E-state index in [1.807, 2.05) is 48.5 Å². The Labute approximate surface area is 143 Å². The van der Waals surface area contributed by atoms with E-state index in [4.69, 9.17) is 9.47 Å². The van der Waals surface area contributed by atoms with Gasteiger partial charge in [-0.2, -0.15) is 0 Å². The number of ether oxygens (including phenoxy) is 2. The molecule has 1 heterocycles. The molecule has 0 saturated heterocycles. The van der Waals surface area contributed by atoms with Crippen molar-refractivity contribution in [2.24, 2.45) is 0 Å². The summed E-state index contributed by atoms with van der Waals surface area (Å²) in [7, 11) is 0. The minimum atomic E-state index is 0.00914. The van der Waals surface area contributed by atoms with Gasteiger partial charge in [-0.1, -0.05) is 50.2 Å². The van der Waals surface area contributed by atoms with Gasteiger partial charge in [0.05, 0.1) is 18.8 Å².